The van der Waals surface area contributed by atoms with Gasteiger partial charge in [0.15, 0.2) is 34.9 Å². The van der Waals surface area contributed by atoms with Crippen molar-refractivity contribution in [2.24, 2.45) is 0 Å². The average molecular weight is 873 g/mol. The Balaban J connectivity index is 1.01. The molecule has 13 rings (SSSR count). The Morgan fingerprint density at radius 3 is 1.09 bits per heavy atom. The number of rotatable bonds is 8. The Morgan fingerprint density at radius 1 is 0.235 bits per heavy atom. The normalized spacial score (nSPS) is 11.5. The van der Waals surface area contributed by atoms with E-state index >= 15 is 0 Å². The van der Waals surface area contributed by atoms with Crippen molar-refractivity contribution in [1.29, 1.82) is 0 Å². The lowest BCUT2D eigenvalue weighted by molar-refractivity contribution is 1.03. The van der Waals surface area contributed by atoms with Gasteiger partial charge in [-0.3, -0.25) is 9.13 Å². The summed E-state index contributed by atoms with van der Waals surface area (Å²) in [5.41, 5.74) is 8.91. The Morgan fingerprint density at radius 2 is 0.618 bits per heavy atom. The molecule has 0 saturated heterocycles. The summed E-state index contributed by atoms with van der Waals surface area (Å²) in [4.78, 5) is 40.6. The zero-order chi connectivity index (χ0) is 45.0. The van der Waals surface area contributed by atoms with E-state index in [1.807, 2.05) is 152 Å². The molecule has 0 N–H and O–H groups in total. The molecule has 0 aliphatic rings. The molecule has 7 aromatic carbocycles. The highest BCUT2D eigenvalue weighted by Gasteiger charge is 2.23. The van der Waals surface area contributed by atoms with Gasteiger partial charge in [0.25, 0.3) is 0 Å². The van der Waals surface area contributed by atoms with Gasteiger partial charge in [-0.05, 0) is 42.5 Å². The topological polar surface area (TPSA) is 113 Å². The second-order valence-electron chi connectivity index (χ2n) is 16.4. The Kier molecular flexibility index (Phi) is 9.24. The summed E-state index contributed by atoms with van der Waals surface area (Å²) >= 11 is 0. The van der Waals surface area contributed by atoms with Gasteiger partial charge in [0, 0.05) is 43.8 Å². The molecule has 318 valence electrons. The molecule has 0 spiro atoms. The first-order valence-electron chi connectivity index (χ1n) is 22.4. The molecule has 0 aliphatic carbocycles. The smallest absolute Gasteiger partial charge is 0.182 e. The van der Waals surface area contributed by atoms with Crippen LogP contribution in [-0.2, 0) is 0 Å². The zero-order valence-electron chi connectivity index (χ0n) is 36.3. The number of hydrogen-bond donors (Lipinski definition) is 0. The number of benzene rings is 7. The highest BCUT2D eigenvalue weighted by molar-refractivity contribution is 6.26. The summed E-state index contributed by atoms with van der Waals surface area (Å²) in [6.07, 6.45) is 0. The van der Waals surface area contributed by atoms with Crippen LogP contribution in [0.25, 0.3) is 124 Å². The van der Waals surface area contributed by atoms with Gasteiger partial charge in [0.2, 0.25) is 0 Å². The first kappa shape index (κ1) is 38.9. The summed E-state index contributed by atoms with van der Waals surface area (Å²) in [5.74, 6) is 4.75. The predicted octanol–water partition coefficient (Wildman–Crippen LogP) is 13.0. The first-order chi connectivity index (χ1) is 33.7. The number of fused-ring (bicyclic) bond motifs is 7. The minimum atomic E-state index is 0.484. The van der Waals surface area contributed by atoms with E-state index in [9.17, 15) is 0 Å². The molecule has 0 bridgehead atoms. The molecule has 0 atom stereocenters. The molecule has 6 heterocycles. The lowest BCUT2D eigenvalue weighted by Crippen LogP contribution is -2.04. The number of pyridine rings is 2. The number of hydrogen-bond acceptors (Lipinski definition) is 8. The van der Waals surface area contributed by atoms with E-state index in [4.69, 9.17) is 39.9 Å². The summed E-state index contributed by atoms with van der Waals surface area (Å²) in [7, 11) is 0. The van der Waals surface area contributed by atoms with E-state index in [1.165, 1.54) is 0 Å². The summed E-state index contributed by atoms with van der Waals surface area (Å²) < 4.78 is 4.51. The average Bonchev–Trinajstić information content (AvgIpc) is 3.95. The fourth-order valence-corrected chi connectivity index (χ4v) is 9.18. The fraction of sp³-hybridized carbons (Fsp3) is 0. The van der Waals surface area contributed by atoms with E-state index in [-0.39, 0.29) is 0 Å². The van der Waals surface area contributed by atoms with Crippen molar-refractivity contribution in [3.8, 4) is 80.2 Å². The zero-order valence-corrected chi connectivity index (χ0v) is 36.3. The van der Waals surface area contributed by atoms with Crippen LogP contribution in [-0.4, -0.2) is 49.0 Å². The maximum atomic E-state index is 5.38. The van der Waals surface area contributed by atoms with Crippen molar-refractivity contribution in [1.82, 2.24) is 49.0 Å². The Labute approximate surface area is 389 Å². The summed E-state index contributed by atoms with van der Waals surface area (Å²) in [6, 6.07) is 73.5. The van der Waals surface area contributed by atoms with Gasteiger partial charge in [0.05, 0.1) is 22.1 Å². The van der Waals surface area contributed by atoms with Crippen LogP contribution in [0.1, 0.15) is 0 Å². The quantitative estimate of drug-likeness (QED) is 0.148. The van der Waals surface area contributed by atoms with Crippen molar-refractivity contribution >= 4 is 43.6 Å². The van der Waals surface area contributed by atoms with E-state index in [2.05, 4.69) is 75.9 Å². The molecular formula is C58H36N10. The van der Waals surface area contributed by atoms with Gasteiger partial charge < -0.3 is 0 Å². The van der Waals surface area contributed by atoms with Crippen molar-refractivity contribution in [3.05, 3.63) is 218 Å². The second-order valence-corrected chi connectivity index (χ2v) is 16.4. The Hall–Kier alpha value is -9.54. The van der Waals surface area contributed by atoms with Crippen molar-refractivity contribution in [2.75, 3.05) is 0 Å². The number of aromatic nitrogens is 10. The lowest BCUT2D eigenvalue weighted by atomic mass is 10.1. The highest BCUT2D eigenvalue weighted by Crippen LogP contribution is 2.42. The molecule has 0 radical (unpaired) electrons. The van der Waals surface area contributed by atoms with Gasteiger partial charge in [-0.15, -0.1) is 0 Å². The van der Waals surface area contributed by atoms with Gasteiger partial charge in [-0.25, -0.2) is 39.9 Å². The molecule has 0 amide bonds. The largest absolute Gasteiger partial charge is 0.294 e. The predicted molar refractivity (Wildman–Crippen MR) is 270 cm³/mol. The van der Waals surface area contributed by atoms with E-state index < -0.39 is 0 Å². The first-order valence-corrected chi connectivity index (χ1v) is 22.4. The maximum Gasteiger partial charge on any atom is 0.182 e. The van der Waals surface area contributed by atoms with Crippen molar-refractivity contribution in [2.45, 2.75) is 0 Å². The van der Waals surface area contributed by atoms with Crippen LogP contribution in [0.3, 0.4) is 0 Å². The van der Waals surface area contributed by atoms with Crippen molar-refractivity contribution < 1.29 is 0 Å². The van der Waals surface area contributed by atoms with Gasteiger partial charge >= 0.3 is 0 Å². The summed E-state index contributed by atoms with van der Waals surface area (Å²) in [6.45, 7) is 0. The standard InChI is InChI=1S/C58H36N10/c1-5-19-37(20-6-1)53-61-54(38-21-7-2-8-22-38)64-57(63-53)44-29-17-33-49(59-44)67-47-32-16-14-28-43(47)51-48(67)36-35-42-41-27-13-15-31-46(41)68(52(42)51)50-34-18-30-45(60-50)58-65-55(39-23-9-3-10-24-39)62-56(66-58)40-25-11-4-12-26-40/h1-36H. The maximum absolute atomic E-state index is 5.38. The summed E-state index contributed by atoms with van der Waals surface area (Å²) in [5, 5.41) is 4.37. The molecule has 10 nitrogen and oxygen atoms in total. The molecular weight excluding hydrogens is 837 g/mol. The molecule has 68 heavy (non-hydrogen) atoms. The van der Waals surface area contributed by atoms with E-state index in [0.717, 1.165) is 77.5 Å². The Bertz CT molecular complexity index is 3900. The van der Waals surface area contributed by atoms with Crippen molar-refractivity contribution in [3.63, 3.8) is 0 Å². The molecule has 6 aromatic heterocycles. The van der Waals surface area contributed by atoms with Gasteiger partial charge in [-0.1, -0.05) is 176 Å². The molecule has 0 unspecified atom stereocenters. The third-order valence-corrected chi connectivity index (χ3v) is 12.3. The minimum Gasteiger partial charge on any atom is -0.294 e. The van der Waals surface area contributed by atoms with Gasteiger partial charge in [0.1, 0.15) is 23.0 Å². The molecule has 10 heteroatoms. The van der Waals surface area contributed by atoms with Crippen LogP contribution < -0.4 is 0 Å². The molecule has 0 fully saturated rings. The van der Waals surface area contributed by atoms with Crippen LogP contribution in [0.5, 0.6) is 0 Å². The minimum absolute atomic E-state index is 0.484. The SMILES string of the molecule is c1ccc(-c2nc(-c3ccccc3)nc(-c3cccc(-n4c5ccccc5c5c4ccc4c6ccccc6n(-c6cccc(-c7nc(-c8ccccc8)nc(-c8ccccc8)n7)n6)c45)n3)n2)cc1. The van der Waals surface area contributed by atoms with E-state index in [0.29, 0.717) is 46.3 Å². The van der Waals surface area contributed by atoms with Gasteiger partial charge in [-0.2, -0.15) is 0 Å². The lowest BCUT2D eigenvalue weighted by Gasteiger charge is -2.12. The second kappa shape index (κ2) is 16.2. The molecule has 13 aromatic rings. The number of para-hydroxylation sites is 2. The third-order valence-electron chi connectivity index (χ3n) is 12.3. The molecule has 0 aliphatic heterocycles. The van der Waals surface area contributed by atoms with Crippen LogP contribution in [0, 0.1) is 0 Å². The number of nitrogens with zero attached hydrogens (tertiary/aromatic N) is 10. The van der Waals surface area contributed by atoms with Crippen LogP contribution in [0.15, 0.2) is 218 Å². The van der Waals surface area contributed by atoms with Crippen LogP contribution >= 0.6 is 0 Å². The fourth-order valence-electron chi connectivity index (χ4n) is 9.18. The molecule has 0 saturated carbocycles. The monoisotopic (exact) mass is 872 g/mol. The van der Waals surface area contributed by atoms with Crippen LogP contribution in [0.4, 0.5) is 0 Å². The van der Waals surface area contributed by atoms with Crippen LogP contribution in [0.2, 0.25) is 0 Å². The third kappa shape index (κ3) is 6.66. The highest BCUT2D eigenvalue weighted by atomic mass is 15.1. The van der Waals surface area contributed by atoms with E-state index in [1.54, 1.807) is 0 Å².